The molecule has 2 rings (SSSR count). The van der Waals surface area contributed by atoms with Crippen LogP contribution in [0.25, 0.3) is 0 Å². The quantitative estimate of drug-likeness (QED) is 0.845. The molecule has 0 aliphatic heterocycles. The van der Waals surface area contributed by atoms with Gasteiger partial charge in [0.2, 0.25) is 0 Å². The van der Waals surface area contributed by atoms with Crippen molar-refractivity contribution in [1.29, 1.82) is 0 Å². The number of carbonyl (C=O) groups excluding carboxylic acids is 1. The van der Waals surface area contributed by atoms with Crippen LogP contribution in [0.15, 0.2) is 41.1 Å². The Kier molecular flexibility index (Phi) is 4.14. The van der Waals surface area contributed by atoms with Gasteiger partial charge < -0.3 is 10.4 Å². The third-order valence-electron chi connectivity index (χ3n) is 2.72. The summed E-state index contributed by atoms with van der Waals surface area (Å²) in [6, 6.07) is 8.17. The van der Waals surface area contributed by atoms with Crippen molar-refractivity contribution in [3.8, 4) is 0 Å². The monoisotopic (exact) mass is 334 g/mol. The number of anilines is 1. The van der Waals surface area contributed by atoms with Crippen LogP contribution in [0.3, 0.4) is 0 Å². The standard InChI is InChI=1S/C14H11BrN2O3/c1-8-3-2-4-10(12(8)14(19)20)17-13(18)9-5-6-11(15)16-7-9/h2-7H,1H3,(H,17,18)(H,19,20). The Hall–Kier alpha value is -2.21. The molecule has 2 aromatic rings. The van der Waals surface area contributed by atoms with E-state index in [1.165, 1.54) is 6.20 Å². The van der Waals surface area contributed by atoms with Crippen LogP contribution in [0.5, 0.6) is 0 Å². The number of carbonyl (C=O) groups is 2. The van der Waals surface area contributed by atoms with Crippen molar-refractivity contribution in [2.45, 2.75) is 6.92 Å². The average molecular weight is 335 g/mol. The number of hydrogen-bond acceptors (Lipinski definition) is 3. The molecule has 6 heteroatoms. The number of carboxylic acids is 1. The summed E-state index contributed by atoms with van der Waals surface area (Å²) in [7, 11) is 0. The average Bonchev–Trinajstić information content (AvgIpc) is 2.39. The Bertz CT molecular complexity index is 669. The normalized spacial score (nSPS) is 10.1. The second-order valence-corrected chi connectivity index (χ2v) is 4.94. The Balaban J connectivity index is 2.30. The SMILES string of the molecule is Cc1cccc(NC(=O)c2ccc(Br)nc2)c1C(=O)O. The molecule has 0 radical (unpaired) electrons. The number of aromatic carboxylic acids is 1. The summed E-state index contributed by atoms with van der Waals surface area (Å²) < 4.78 is 0.621. The molecule has 1 amide bonds. The zero-order valence-electron chi connectivity index (χ0n) is 10.6. The molecule has 1 aromatic carbocycles. The molecule has 0 aliphatic rings. The number of halogens is 1. The van der Waals surface area contributed by atoms with Gasteiger partial charge in [-0.1, -0.05) is 12.1 Å². The fourth-order valence-corrected chi connectivity index (χ4v) is 1.99. The van der Waals surface area contributed by atoms with E-state index < -0.39 is 11.9 Å². The van der Waals surface area contributed by atoms with Gasteiger partial charge in [0.05, 0.1) is 16.8 Å². The lowest BCUT2D eigenvalue weighted by molar-refractivity contribution is 0.0697. The van der Waals surface area contributed by atoms with Gasteiger partial charge in [-0.2, -0.15) is 0 Å². The summed E-state index contributed by atoms with van der Waals surface area (Å²) in [5.41, 5.74) is 1.30. The summed E-state index contributed by atoms with van der Waals surface area (Å²) in [5.74, 6) is -1.48. The van der Waals surface area contributed by atoms with E-state index >= 15 is 0 Å². The van der Waals surface area contributed by atoms with E-state index in [1.807, 2.05) is 0 Å². The summed E-state index contributed by atoms with van der Waals surface area (Å²) in [4.78, 5) is 27.2. The fraction of sp³-hybridized carbons (Fsp3) is 0.0714. The molecule has 0 saturated heterocycles. The number of rotatable bonds is 3. The molecule has 0 atom stereocenters. The molecular formula is C14H11BrN2O3. The van der Waals surface area contributed by atoms with Crippen molar-refractivity contribution < 1.29 is 14.7 Å². The number of aromatic nitrogens is 1. The highest BCUT2D eigenvalue weighted by Crippen LogP contribution is 2.20. The molecule has 1 aromatic heterocycles. The number of nitrogens with one attached hydrogen (secondary N) is 1. The highest BCUT2D eigenvalue weighted by molar-refractivity contribution is 9.10. The summed E-state index contributed by atoms with van der Waals surface area (Å²) in [6.07, 6.45) is 1.41. The van der Waals surface area contributed by atoms with Crippen molar-refractivity contribution in [2.75, 3.05) is 5.32 Å². The van der Waals surface area contributed by atoms with Gasteiger partial charge in [-0.15, -0.1) is 0 Å². The van der Waals surface area contributed by atoms with Crippen LogP contribution in [0, 0.1) is 6.92 Å². The van der Waals surface area contributed by atoms with E-state index in [0.29, 0.717) is 15.7 Å². The lowest BCUT2D eigenvalue weighted by Gasteiger charge is -2.10. The number of benzene rings is 1. The van der Waals surface area contributed by atoms with Crippen LogP contribution in [-0.4, -0.2) is 22.0 Å². The van der Waals surface area contributed by atoms with Crippen LogP contribution in [-0.2, 0) is 0 Å². The van der Waals surface area contributed by atoms with Crippen molar-refractivity contribution in [3.63, 3.8) is 0 Å². The molecule has 5 nitrogen and oxygen atoms in total. The van der Waals surface area contributed by atoms with Gasteiger partial charge in [-0.05, 0) is 46.6 Å². The van der Waals surface area contributed by atoms with Gasteiger partial charge in [-0.25, -0.2) is 9.78 Å². The molecule has 1 heterocycles. The van der Waals surface area contributed by atoms with Crippen LogP contribution in [0.4, 0.5) is 5.69 Å². The largest absolute Gasteiger partial charge is 0.478 e. The maximum Gasteiger partial charge on any atom is 0.338 e. The molecule has 0 unspecified atom stereocenters. The second kappa shape index (κ2) is 5.83. The van der Waals surface area contributed by atoms with Crippen LogP contribution >= 0.6 is 15.9 Å². The van der Waals surface area contributed by atoms with Gasteiger partial charge in [0, 0.05) is 6.20 Å². The smallest absolute Gasteiger partial charge is 0.338 e. The van der Waals surface area contributed by atoms with Crippen molar-refractivity contribution in [1.82, 2.24) is 4.98 Å². The number of hydrogen-bond donors (Lipinski definition) is 2. The van der Waals surface area contributed by atoms with Gasteiger partial charge >= 0.3 is 5.97 Å². The maximum atomic E-state index is 12.1. The number of nitrogens with zero attached hydrogens (tertiary/aromatic N) is 1. The summed E-state index contributed by atoms with van der Waals surface area (Å²) in [5, 5.41) is 11.8. The summed E-state index contributed by atoms with van der Waals surface area (Å²) >= 11 is 3.18. The minimum Gasteiger partial charge on any atom is -0.478 e. The second-order valence-electron chi connectivity index (χ2n) is 4.13. The minimum absolute atomic E-state index is 0.0888. The molecule has 0 spiro atoms. The van der Waals surface area contributed by atoms with Gasteiger partial charge in [0.15, 0.2) is 0 Å². The van der Waals surface area contributed by atoms with E-state index in [9.17, 15) is 14.7 Å². The first-order valence-electron chi connectivity index (χ1n) is 5.75. The van der Waals surface area contributed by atoms with Crippen LogP contribution < -0.4 is 5.32 Å². The minimum atomic E-state index is -1.08. The number of aryl methyl sites for hydroxylation is 1. The topological polar surface area (TPSA) is 79.3 Å². The van der Waals surface area contributed by atoms with Crippen molar-refractivity contribution in [3.05, 3.63) is 57.8 Å². The van der Waals surface area contributed by atoms with Gasteiger partial charge in [0.1, 0.15) is 4.60 Å². The zero-order chi connectivity index (χ0) is 14.7. The highest BCUT2D eigenvalue weighted by atomic mass is 79.9. The first kappa shape index (κ1) is 14.2. The molecular weight excluding hydrogens is 324 g/mol. The number of amides is 1. The molecule has 0 aliphatic carbocycles. The summed E-state index contributed by atoms with van der Waals surface area (Å²) in [6.45, 7) is 1.68. The van der Waals surface area contributed by atoms with E-state index in [4.69, 9.17) is 0 Å². The lowest BCUT2D eigenvalue weighted by Crippen LogP contribution is -2.15. The molecule has 20 heavy (non-hydrogen) atoms. The Morgan fingerprint density at radius 2 is 2.00 bits per heavy atom. The van der Waals surface area contributed by atoms with Crippen molar-refractivity contribution in [2.24, 2.45) is 0 Å². The third-order valence-corrected chi connectivity index (χ3v) is 3.19. The van der Waals surface area contributed by atoms with Crippen LogP contribution in [0.1, 0.15) is 26.3 Å². The van der Waals surface area contributed by atoms with E-state index in [1.54, 1.807) is 37.3 Å². The molecule has 102 valence electrons. The predicted molar refractivity (Wildman–Crippen MR) is 78.0 cm³/mol. The first-order valence-corrected chi connectivity index (χ1v) is 6.54. The molecule has 0 bridgehead atoms. The van der Waals surface area contributed by atoms with Crippen LogP contribution in [0.2, 0.25) is 0 Å². The Labute approximate surface area is 123 Å². The third kappa shape index (κ3) is 3.03. The maximum absolute atomic E-state index is 12.1. The van der Waals surface area contributed by atoms with E-state index in [0.717, 1.165) is 0 Å². The first-order chi connectivity index (χ1) is 9.49. The number of pyridine rings is 1. The zero-order valence-corrected chi connectivity index (χ0v) is 12.1. The lowest BCUT2D eigenvalue weighted by atomic mass is 10.1. The molecule has 2 N–H and O–H groups in total. The fourth-order valence-electron chi connectivity index (χ4n) is 1.76. The van der Waals surface area contributed by atoms with Crippen molar-refractivity contribution >= 4 is 33.5 Å². The number of carboxylic acid groups (broad SMARTS) is 1. The van der Waals surface area contributed by atoms with Gasteiger partial charge in [0.25, 0.3) is 5.91 Å². The van der Waals surface area contributed by atoms with Gasteiger partial charge in [-0.3, -0.25) is 4.79 Å². The highest BCUT2D eigenvalue weighted by Gasteiger charge is 2.15. The Morgan fingerprint density at radius 3 is 2.60 bits per heavy atom. The van der Waals surface area contributed by atoms with E-state index in [-0.39, 0.29) is 11.3 Å². The predicted octanol–water partition coefficient (Wildman–Crippen LogP) is 3.10. The molecule has 0 saturated carbocycles. The van der Waals surface area contributed by atoms with E-state index in [2.05, 4.69) is 26.2 Å². The molecule has 0 fully saturated rings. The Morgan fingerprint density at radius 1 is 1.25 bits per heavy atom.